The van der Waals surface area contributed by atoms with Gasteiger partial charge in [-0.15, -0.1) is 0 Å². The molecule has 2 aromatic carbocycles. The van der Waals surface area contributed by atoms with E-state index in [2.05, 4.69) is 29.7 Å². The standard InChI is InChI=1S/C20H24N2O3/c1-13(15-5-4-6-17(9-15)22-14(2)23)21-18-10-16-7-8-19(24-3)11-20(16)25-12-18/h4-9,11,13,18,21H,10,12H2,1-3H3,(H,22,23)/t13-,18-/m0/s1. The van der Waals surface area contributed by atoms with Crippen LogP contribution in [0.2, 0.25) is 0 Å². The van der Waals surface area contributed by atoms with Gasteiger partial charge in [0.05, 0.1) is 7.11 Å². The van der Waals surface area contributed by atoms with Crippen LogP contribution in [0.5, 0.6) is 11.5 Å². The number of amides is 1. The van der Waals surface area contributed by atoms with Crippen molar-refractivity contribution in [3.05, 3.63) is 53.6 Å². The second kappa shape index (κ2) is 7.57. The first kappa shape index (κ1) is 17.3. The predicted octanol–water partition coefficient (Wildman–Crippen LogP) is 3.31. The molecular weight excluding hydrogens is 316 g/mol. The SMILES string of the molecule is COc1ccc2c(c1)OC[C@@H](N[C@@H](C)c1cccc(NC(C)=O)c1)C2. The highest BCUT2D eigenvalue weighted by molar-refractivity contribution is 5.88. The molecule has 0 aromatic heterocycles. The summed E-state index contributed by atoms with van der Waals surface area (Å²) in [4.78, 5) is 11.2. The van der Waals surface area contributed by atoms with E-state index in [0.29, 0.717) is 6.61 Å². The summed E-state index contributed by atoms with van der Waals surface area (Å²) in [6, 6.07) is 14.3. The molecule has 2 atom stereocenters. The van der Waals surface area contributed by atoms with Crippen LogP contribution in [-0.4, -0.2) is 25.7 Å². The van der Waals surface area contributed by atoms with Gasteiger partial charge in [-0.25, -0.2) is 0 Å². The Kier molecular flexibility index (Phi) is 5.24. The second-order valence-electron chi connectivity index (χ2n) is 6.38. The molecule has 2 N–H and O–H groups in total. The number of hydrogen-bond donors (Lipinski definition) is 2. The molecule has 3 rings (SSSR count). The van der Waals surface area contributed by atoms with Crippen molar-refractivity contribution in [3.63, 3.8) is 0 Å². The number of methoxy groups -OCH3 is 1. The molecular formula is C20H24N2O3. The molecule has 1 amide bonds. The van der Waals surface area contributed by atoms with E-state index in [9.17, 15) is 4.79 Å². The maximum atomic E-state index is 11.2. The van der Waals surface area contributed by atoms with E-state index in [0.717, 1.165) is 29.2 Å². The molecule has 2 aromatic rings. The normalized spacial score (nSPS) is 17.2. The average molecular weight is 340 g/mol. The lowest BCUT2D eigenvalue weighted by Crippen LogP contribution is -2.40. The highest BCUT2D eigenvalue weighted by Gasteiger charge is 2.22. The Morgan fingerprint density at radius 2 is 2.12 bits per heavy atom. The molecule has 25 heavy (non-hydrogen) atoms. The fraction of sp³-hybridized carbons (Fsp3) is 0.350. The van der Waals surface area contributed by atoms with Crippen LogP contribution in [0.25, 0.3) is 0 Å². The van der Waals surface area contributed by atoms with E-state index in [4.69, 9.17) is 9.47 Å². The number of ether oxygens (including phenoxy) is 2. The summed E-state index contributed by atoms with van der Waals surface area (Å²) < 4.78 is 11.1. The maximum Gasteiger partial charge on any atom is 0.221 e. The van der Waals surface area contributed by atoms with Crippen LogP contribution in [0.3, 0.4) is 0 Å². The third-order valence-electron chi connectivity index (χ3n) is 4.37. The van der Waals surface area contributed by atoms with Gasteiger partial charge in [0.1, 0.15) is 18.1 Å². The van der Waals surface area contributed by atoms with Gasteiger partial charge in [-0.1, -0.05) is 18.2 Å². The molecule has 5 heteroatoms. The second-order valence-corrected chi connectivity index (χ2v) is 6.38. The minimum Gasteiger partial charge on any atom is -0.497 e. The molecule has 0 bridgehead atoms. The predicted molar refractivity (Wildman–Crippen MR) is 98.3 cm³/mol. The Labute approximate surface area is 148 Å². The largest absolute Gasteiger partial charge is 0.497 e. The number of rotatable bonds is 5. The number of fused-ring (bicyclic) bond motifs is 1. The highest BCUT2D eigenvalue weighted by atomic mass is 16.5. The third kappa shape index (κ3) is 4.31. The Morgan fingerprint density at radius 3 is 2.88 bits per heavy atom. The van der Waals surface area contributed by atoms with Crippen LogP contribution in [0, 0.1) is 0 Å². The molecule has 132 valence electrons. The quantitative estimate of drug-likeness (QED) is 0.877. The molecule has 5 nitrogen and oxygen atoms in total. The third-order valence-corrected chi connectivity index (χ3v) is 4.37. The lowest BCUT2D eigenvalue weighted by molar-refractivity contribution is -0.114. The monoisotopic (exact) mass is 340 g/mol. The summed E-state index contributed by atoms with van der Waals surface area (Å²) >= 11 is 0. The lowest BCUT2D eigenvalue weighted by Gasteiger charge is -2.29. The van der Waals surface area contributed by atoms with Gasteiger partial charge in [0.2, 0.25) is 5.91 Å². The van der Waals surface area contributed by atoms with Gasteiger partial charge in [-0.05, 0) is 42.7 Å². The van der Waals surface area contributed by atoms with Crippen LogP contribution in [0.1, 0.15) is 31.0 Å². The van der Waals surface area contributed by atoms with Crippen molar-refractivity contribution in [2.24, 2.45) is 0 Å². The average Bonchev–Trinajstić information content (AvgIpc) is 2.61. The van der Waals surface area contributed by atoms with Gasteiger partial charge in [-0.2, -0.15) is 0 Å². The smallest absolute Gasteiger partial charge is 0.221 e. The molecule has 1 aliphatic heterocycles. The van der Waals surface area contributed by atoms with Crippen LogP contribution >= 0.6 is 0 Å². The Morgan fingerprint density at radius 1 is 1.28 bits per heavy atom. The van der Waals surface area contributed by atoms with Crippen LogP contribution in [0.15, 0.2) is 42.5 Å². The van der Waals surface area contributed by atoms with Gasteiger partial charge in [0.15, 0.2) is 0 Å². The first-order valence-corrected chi connectivity index (χ1v) is 8.48. The van der Waals surface area contributed by atoms with E-state index in [1.54, 1.807) is 7.11 Å². The van der Waals surface area contributed by atoms with E-state index in [1.807, 2.05) is 30.3 Å². The molecule has 0 saturated heterocycles. The van der Waals surface area contributed by atoms with Gasteiger partial charge < -0.3 is 20.1 Å². The molecule has 1 heterocycles. The number of anilines is 1. The molecule has 0 unspecified atom stereocenters. The van der Waals surface area contributed by atoms with Crippen molar-refractivity contribution in [1.29, 1.82) is 0 Å². The summed E-state index contributed by atoms with van der Waals surface area (Å²) in [5.74, 6) is 1.65. The van der Waals surface area contributed by atoms with E-state index < -0.39 is 0 Å². The van der Waals surface area contributed by atoms with Gasteiger partial charge in [0.25, 0.3) is 0 Å². The molecule has 0 saturated carbocycles. The first-order valence-electron chi connectivity index (χ1n) is 8.48. The fourth-order valence-corrected chi connectivity index (χ4v) is 3.13. The van der Waals surface area contributed by atoms with E-state index in [1.165, 1.54) is 12.5 Å². The molecule has 1 aliphatic rings. The van der Waals surface area contributed by atoms with Crippen molar-refractivity contribution in [3.8, 4) is 11.5 Å². The van der Waals surface area contributed by atoms with Crippen molar-refractivity contribution >= 4 is 11.6 Å². The van der Waals surface area contributed by atoms with E-state index >= 15 is 0 Å². The number of carbonyl (C=O) groups excluding carboxylic acids is 1. The van der Waals surface area contributed by atoms with Gasteiger partial charge in [-0.3, -0.25) is 4.79 Å². The summed E-state index contributed by atoms with van der Waals surface area (Å²) in [6.45, 7) is 4.26. The minimum absolute atomic E-state index is 0.0644. The van der Waals surface area contributed by atoms with Crippen molar-refractivity contribution in [1.82, 2.24) is 5.32 Å². The van der Waals surface area contributed by atoms with Gasteiger partial charge in [0, 0.05) is 30.8 Å². The summed E-state index contributed by atoms with van der Waals surface area (Å²) in [7, 11) is 1.66. The number of nitrogens with one attached hydrogen (secondary N) is 2. The zero-order chi connectivity index (χ0) is 17.8. The zero-order valence-corrected chi connectivity index (χ0v) is 14.8. The summed E-state index contributed by atoms with van der Waals surface area (Å²) in [5.41, 5.74) is 3.13. The van der Waals surface area contributed by atoms with Gasteiger partial charge >= 0.3 is 0 Å². The fourth-order valence-electron chi connectivity index (χ4n) is 3.13. The maximum absolute atomic E-state index is 11.2. The highest BCUT2D eigenvalue weighted by Crippen LogP contribution is 2.30. The summed E-state index contributed by atoms with van der Waals surface area (Å²) in [6.07, 6.45) is 0.912. The number of benzene rings is 2. The molecule has 0 spiro atoms. The van der Waals surface area contributed by atoms with Crippen molar-refractivity contribution < 1.29 is 14.3 Å². The minimum atomic E-state index is -0.0644. The lowest BCUT2D eigenvalue weighted by atomic mass is 10.00. The number of carbonyl (C=O) groups is 1. The molecule has 0 radical (unpaired) electrons. The Bertz CT molecular complexity index is 760. The Hall–Kier alpha value is -2.53. The molecule has 0 fully saturated rings. The summed E-state index contributed by atoms with van der Waals surface area (Å²) in [5, 5.41) is 6.44. The topological polar surface area (TPSA) is 59.6 Å². The van der Waals surface area contributed by atoms with Crippen LogP contribution in [0.4, 0.5) is 5.69 Å². The van der Waals surface area contributed by atoms with Crippen molar-refractivity contribution in [2.75, 3.05) is 19.0 Å². The molecule has 0 aliphatic carbocycles. The zero-order valence-electron chi connectivity index (χ0n) is 14.8. The van der Waals surface area contributed by atoms with Crippen LogP contribution in [-0.2, 0) is 11.2 Å². The van der Waals surface area contributed by atoms with Crippen molar-refractivity contribution in [2.45, 2.75) is 32.4 Å². The number of hydrogen-bond acceptors (Lipinski definition) is 4. The first-order chi connectivity index (χ1) is 12.0. The van der Waals surface area contributed by atoms with Crippen LogP contribution < -0.4 is 20.1 Å². The van der Waals surface area contributed by atoms with E-state index in [-0.39, 0.29) is 18.0 Å². The Balaban J connectivity index is 1.65.